The van der Waals surface area contributed by atoms with E-state index in [0.29, 0.717) is 29.1 Å². The molecular formula is C26H24F2N4O4. The van der Waals surface area contributed by atoms with Crippen LogP contribution >= 0.6 is 0 Å². The van der Waals surface area contributed by atoms with E-state index in [9.17, 15) is 23.2 Å². The number of anilines is 2. The summed E-state index contributed by atoms with van der Waals surface area (Å²) in [6.45, 7) is 4.04. The average molecular weight is 494 g/mol. The Morgan fingerprint density at radius 2 is 1.72 bits per heavy atom. The van der Waals surface area contributed by atoms with Gasteiger partial charge in [0.05, 0.1) is 24.7 Å². The molecule has 1 atom stereocenters. The summed E-state index contributed by atoms with van der Waals surface area (Å²) in [6, 6.07) is 10.4. The van der Waals surface area contributed by atoms with E-state index in [4.69, 9.17) is 4.74 Å². The lowest BCUT2D eigenvalue weighted by molar-refractivity contribution is -0.147. The van der Waals surface area contributed by atoms with Crippen molar-refractivity contribution in [3.8, 4) is 11.3 Å². The number of hydrogen-bond donors (Lipinski definition) is 2. The van der Waals surface area contributed by atoms with Gasteiger partial charge < -0.3 is 20.3 Å². The number of carbonyl (C=O) groups excluding carboxylic acids is 3. The number of carbonyl (C=O) groups is 3. The number of amides is 3. The van der Waals surface area contributed by atoms with Crippen LogP contribution in [0.4, 0.5) is 25.0 Å². The van der Waals surface area contributed by atoms with Crippen LogP contribution in [0.3, 0.4) is 0 Å². The molecule has 2 heterocycles. The number of methoxy groups -OCH3 is 1. The lowest BCUT2D eigenvalue weighted by Crippen LogP contribution is -2.45. The summed E-state index contributed by atoms with van der Waals surface area (Å²) in [4.78, 5) is 43.4. The number of nitrogens with one attached hydrogen (secondary N) is 2. The molecule has 0 aliphatic carbocycles. The van der Waals surface area contributed by atoms with Crippen LogP contribution in [0.2, 0.25) is 0 Å². The smallest absolute Gasteiger partial charge is 0.328 e. The largest absolute Gasteiger partial charge is 0.467 e. The zero-order valence-corrected chi connectivity index (χ0v) is 19.8. The fraction of sp³-hybridized carbons (Fsp3) is 0.231. The van der Waals surface area contributed by atoms with Gasteiger partial charge in [-0.2, -0.15) is 0 Å². The predicted molar refractivity (Wildman–Crippen MR) is 129 cm³/mol. The molecule has 1 aliphatic heterocycles. The quantitative estimate of drug-likeness (QED) is 0.479. The van der Waals surface area contributed by atoms with Gasteiger partial charge in [0.25, 0.3) is 5.91 Å². The zero-order valence-electron chi connectivity index (χ0n) is 19.8. The van der Waals surface area contributed by atoms with Gasteiger partial charge in [0.1, 0.15) is 6.04 Å². The molecule has 3 aromatic rings. The van der Waals surface area contributed by atoms with E-state index in [1.165, 1.54) is 24.3 Å². The maximum atomic E-state index is 13.3. The second-order valence-corrected chi connectivity index (χ2v) is 8.66. The molecule has 8 nitrogen and oxygen atoms in total. The average Bonchev–Trinajstić information content (AvgIpc) is 3.17. The van der Waals surface area contributed by atoms with Gasteiger partial charge in [0.15, 0.2) is 11.6 Å². The molecule has 0 saturated carbocycles. The van der Waals surface area contributed by atoms with Crippen LogP contribution in [0.5, 0.6) is 0 Å². The van der Waals surface area contributed by atoms with Crippen LogP contribution in [0, 0.1) is 17.6 Å². The van der Waals surface area contributed by atoms with Crippen LogP contribution in [-0.2, 0) is 16.1 Å². The molecule has 1 aliphatic rings. The monoisotopic (exact) mass is 494 g/mol. The summed E-state index contributed by atoms with van der Waals surface area (Å²) < 4.78 is 31.3. The number of esters is 1. The number of rotatable bonds is 6. The van der Waals surface area contributed by atoms with E-state index in [2.05, 4.69) is 15.6 Å². The van der Waals surface area contributed by atoms with Gasteiger partial charge in [0.2, 0.25) is 0 Å². The number of fused-ring (bicyclic) bond motifs is 1. The summed E-state index contributed by atoms with van der Waals surface area (Å²) in [5, 5.41) is 4.97. The van der Waals surface area contributed by atoms with Gasteiger partial charge >= 0.3 is 12.0 Å². The highest BCUT2D eigenvalue weighted by Crippen LogP contribution is 2.31. The molecule has 0 radical (unpaired) electrons. The van der Waals surface area contributed by atoms with Crippen molar-refractivity contribution < 1.29 is 27.9 Å². The van der Waals surface area contributed by atoms with Crippen LogP contribution in [0.25, 0.3) is 11.3 Å². The molecule has 186 valence electrons. The number of aromatic nitrogens is 1. The molecule has 1 unspecified atom stereocenters. The van der Waals surface area contributed by atoms with E-state index in [1.54, 1.807) is 18.2 Å². The highest BCUT2D eigenvalue weighted by molar-refractivity contribution is 6.02. The van der Waals surface area contributed by atoms with Gasteiger partial charge in [-0.1, -0.05) is 26.0 Å². The number of nitrogens with zero attached hydrogens (tertiary/aromatic N) is 2. The van der Waals surface area contributed by atoms with E-state index in [0.717, 1.165) is 17.7 Å². The number of pyridine rings is 1. The normalized spacial score (nSPS) is 13.4. The molecule has 0 spiro atoms. The predicted octanol–water partition coefficient (Wildman–Crippen LogP) is 4.82. The summed E-state index contributed by atoms with van der Waals surface area (Å²) in [5.74, 6) is -2.89. The first kappa shape index (κ1) is 24.8. The van der Waals surface area contributed by atoms with Crippen molar-refractivity contribution in [1.82, 2.24) is 9.88 Å². The first-order chi connectivity index (χ1) is 17.2. The molecule has 0 fully saturated rings. The SMILES string of the molecule is COC(=O)C(C(C)C)N1Cc2ccc(-c3ccc(NC(=O)Nc4ccc(F)c(F)c4)cn3)cc2C1=O. The van der Waals surface area contributed by atoms with Crippen molar-refractivity contribution in [1.29, 1.82) is 0 Å². The molecule has 3 amide bonds. The molecule has 0 saturated heterocycles. The minimum Gasteiger partial charge on any atom is -0.467 e. The Hall–Kier alpha value is -4.34. The van der Waals surface area contributed by atoms with E-state index < -0.39 is 29.7 Å². The summed E-state index contributed by atoms with van der Waals surface area (Å²) in [7, 11) is 1.31. The highest BCUT2D eigenvalue weighted by Gasteiger charge is 2.38. The van der Waals surface area contributed by atoms with Crippen LogP contribution < -0.4 is 10.6 Å². The number of urea groups is 1. The number of benzene rings is 2. The van der Waals surface area contributed by atoms with E-state index in [-0.39, 0.29) is 17.5 Å². The first-order valence-electron chi connectivity index (χ1n) is 11.2. The minimum absolute atomic E-state index is 0.0970. The van der Waals surface area contributed by atoms with Crippen LogP contribution in [0.1, 0.15) is 29.8 Å². The Bertz CT molecular complexity index is 1330. The Balaban J connectivity index is 1.46. The Kier molecular flexibility index (Phi) is 6.96. The fourth-order valence-corrected chi connectivity index (χ4v) is 4.09. The van der Waals surface area contributed by atoms with Crippen molar-refractivity contribution in [2.45, 2.75) is 26.4 Å². The van der Waals surface area contributed by atoms with Crippen molar-refractivity contribution in [3.63, 3.8) is 0 Å². The topological polar surface area (TPSA) is 101 Å². The van der Waals surface area contributed by atoms with Gasteiger partial charge in [-0.15, -0.1) is 0 Å². The molecule has 2 aromatic carbocycles. The van der Waals surface area contributed by atoms with Gasteiger partial charge in [0, 0.05) is 29.4 Å². The van der Waals surface area contributed by atoms with E-state index in [1.807, 2.05) is 26.0 Å². The summed E-state index contributed by atoms with van der Waals surface area (Å²) in [5.41, 5.74) is 3.05. The second-order valence-electron chi connectivity index (χ2n) is 8.66. The number of hydrogen-bond acceptors (Lipinski definition) is 5. The standard InChI is InChI=1S/C26H24F2N4O4/c1-14(2)23(25(34)36-3)32-13-16-5-4-15(10-19(16)24(32)33)22-9-7-18(12-29-22)31-26(35)30-17-6-8-20(27)21(28)11-17/h4-12,14,23H,13H2,1-3H3,(H2,30,31,35). The number of ether oxygens (including phenoxy) is 1. The summed E-state index contributed by atoms with van der Waals surface area (Å²) >= 11 is 0. The van der Waals surface area contributed by atoms with Crippen molar-refractivity contribution >= 4 is 29.3 Å². The highest BCUT2D eigenvalue weighted by atomic mass is 19.2. The maximum Gasteiger partial charge on any atom is 0.328 e. The van der Waals surface area contributed by atoms with Crippen LogP contribution in [-0.4, -0.2) is 40.9 Å². The van der Waals surface area contributed by atoms with Gasteiger partial charge in [-0.25, -0.2) is 18.4 Å². The molecule has 10 heteroatoms. The van der Waals surface area contributed by atoms with Crippen LogP contribution in [0.15, 0.2) is 54.7 Å². The van der Waals surface area contributed by atoms with E-state index >= 15 is 0 Å². The Morgan fingerprint density at radius 3 is 2.36 bits per heavy atom. The van der Waals surface area contributed by atoms with Crippen molar-refractivity contribution in [3.05, 3.63) is 77.5 Å². The fourth-order valence-electron chi connectivity index (χ4n) is 4.09. The van der Waals surface area contributed by atoms with Crippen molar-refractivity contribution in [2.75, 3.05) is 17.7 Å². The Labute approximate surface area is 206 Å². The lowest BCUT2D eigenvalue weighted by Gasteiger charge is -2.28. The first-order valence-corrected chi connectivity index (χ1v) is 11.2. The number of halogens is 2. The second kappa shape index (κ2) is 10.1. The third-order valence-electron chi connectivity index (χ3n) is 5.85. The third-order valence-corrected chi connectivity index (χ3v) is 5.85. The zero-order chi connectivity index (χ0) is 26.0. The maximum absolute atomic E-state index is 13.3. The molecule has 0 bridgehead atoms. The minimum atomic E-state index is -1.07. The van der Waals surface area contributed by atoms with Gasteiger partial charge in [-0.3, -0.25) is 9.78 Å². The Morgan fingerprint density at radius 1 is 1.00 bits per heavy atom. The molecular weight excluding hydrogens is 470 g/mol. The lowest BCUT2D eigenvalue weighted by atomic mass is 10.0. The molecule has 36 heavy (non-hydrogen) atoms. The third kappa shape index (κ3) is 5.02. The van der Waals surface area contributed by atoms with Gasteiger partial charge in [-0.05, 0) is 41.8 Å². The molecule has 4 rings (SSSR count). The summed E-state index contributed by atoms with van der Waals surface area (Å²) in [6.07, 6.45) is 1.44. The molecule has 1 aromatic heterocycles. The molecule has 2 N–H and O–H groups in total. The van der Waals surface area contributed by atoms with Crippen molar-refractivity contribution in [2.24, 2.45) is 5.92 Å².